The summed E-state index contributed by atoms with van der Waals surface area (Å²) in [6.45, 7) is 4.13. The maximum absolute atomic E-state index is 11.1. The molecule has 0 N–H and O–H groups in total. The minimum Gasteiger partial charge on any atom is -0.496 e. The Bertz CT molecular complexity index is 394. The molecule has 16 heavy (non-hydrogen) atoms. The number of ether oxygens (including phenoxy) is 2. The fourth-order valence-corrected chi connectivity index (χ4v) is 1.36. The molecule has 0 unspecified atom stereocenters. The van der Waals surface area contributed by atoms with Crippen LogP contribution in [0.15, 0.2) is 24.3 Å². The van der Waals surface area contributed by atoms with Crippen molar-refractivity contribution in [3.63, 3.8) is 0 Å². The normalized spacial score (nSPS) is 10.4. The van der Waals surface area contributed by atoms with Crippen LogP contribution in [0.1, 0.15) is 18.1 Å². The maximum atomic E-state index is 11.1. The predicted octanol–water partition coefficient (Wildman–Crippen LogP) is 2.58. The SMILES string of the molecule is CCOC(=O)/C=C/c1ccc(OC)c(C)c1. The topological polar surface area (TPSA) is 35.5 Å². The third-order valence-corrected chi connectivity index (χ3v) is 2.12. The van der Waals surface area contributed by atoms with E-state index in [0.717, 1.165) is 16.9 Å². The van der Waals surface area contributed by atoms with E-state index in [-0.39, 0.29) is 5.97 Å². The summed E-state index contributed by atoms with van der Waals surface area (Å²) in [6, 6.07) is 5.72. The number of carbonyl (C=O) groups excluding carboxylic acids is 1. The Hall–Kier alpha value is -1.77. The van der Waals surface area contributed by atoms with Crippen LogP contribution >= 0.6 is 0 Å². The van der Waals surface area contributed by atoms with Gasteiger partial charge in [-0.25, -0.2) is 4.79 Å². The van der Waals surface area contributed by atoms with Gasteiger partial charge in [-0.2, -0.15) is 0 Å². The van der Waals surface area contributed by atoms with Gasteiger partial charge in [0.05, 0.1) is 13.7 Å². The van der Waals surface area contributed by atoms with Crippen molar-refractivity contribution in [3.8, 4) is 5.75 Å². The predicted molar refractivity (Wildman–Crippen MR) is 63.4 cm³/mol. The highest BCUT2D eigenvalue weighted by molar-refractivity contribution is 5.87. The van der Waals surface area contributed by atoms with E-state index in [9.17, 15) is 4.79 Å². The van der Waals surface area contributed by atoms with Gasteiger partial charge in [0.2, 0.25) is 0 Å². The number of hydrogen-bond acceptors (Lipinski definition) is 3. The lowest BCUT2D eigenvalue weighted by Gasteiger charge is -2.04. The van der Waals surface area contributed by atoms with Crippen LogP contribution in [0.3, 0.4) is 0 Å². The van der Waals surface area contributed by atoms with Gasteiger partial charge in [-0.05, 0) is 43.2 Å². The van der Waals surface area contributed by atoms with Gasteiger partial charge in [0.25, 0.3) is 0 Å². The van der Waals surface area contributed by atoms with E-state index in [0.29, 0.717) is 6.61 Å². The third kappa shape index (κ3) is 3.42. The van der Waals surface area contributed by atoms with Gasteiger partial charge in [-0.1, -0.05) is 6.07 Å². The van der Waals surface area contributed by atoms with E-state index in [2.05, 4.69) is 0 Å². The third-order valence-electron chi connectivity index (χ3n) is 2.12. The zero-order valence-corrected chi connectivity index (χ0v) is 9.82. The largest absolute Gasteiger partial charge is 0.496 e. The maximum Gasteiger partial charge on any atom is 0.330 e. The number of hydrogen-bond donors (Lipinski definition) is 0. The van der Waals surface area contributed by atoms with E-state index in [1.165, 1.54) is 6.08 Å². The van der Waals surface area contributed by atoms with E-state index in [1.54, 1.807) is 20.1 Å². The van der Waals surface area contributed by atoms with Crippen molar-refractivity contribution in [2.75, 3.05) is 13.7 Å². The second kappa shape index (κ2) is 5.95. The highest BCUT2D eigenvalue weighted by Gasteiger charge is 1.98. The molecule has 0 aromatic heterocycles. The molecule has 0 aliphatic rings. The molecule has 0 aliphatic carbocycles. The lowest BCUT2D eigenvalue weighted by atomic mass is 10.1. The second-order valence-corrected chi connectivity index (χ2v) is 3.31. The monoisotopic (exact) mass is 220 g/mol. The summed E-state index contributed by atoms with van der Waals surface area (Å²) in [5, 5.41) is 0. The van der Waals surface area contributed by atoms with Crippen molar-refractivity contribution in [3.05, 3.63) is 35.4 Å². The first-order chi connectivity index (χ1) is 7.67. The molecular formula is C13H16O3. The Morgan fingerprint density at radius 1 is 1.44 bits per heavy atom. The molecule has 0 bridgehead atoms. The summed E-state index contributed by atoms with van der Waals surface area (Å²) in [5.41, 5.74) is 1.99. The quantitative estimate of drug-likeness (QED) is 0.578. The van der Waals surface area contributed by atoms with Gasteiger partial charge in [-0.3, -0.25) is 0 Å². The molecule has 86 valence electrons. The number of aryl methyl sites for hydroxylation is 1. The van der Waals surface area contributed by atoms with Crippen molar-refractivity contribution in [1.29, 1.82) is 0 Å². The molecule has 0 saturated heterocycles. The molecule has 0 aliphatic heterocycles. The first-order valence-corrected chi connectivity index (χ1v) is 5.17. The first-order valence-electron chi connectivity index (χ1n) is 5.17. The summed E-state index contributed by atoms with van der Waals surface area (Å²) in [7, 11) is 1.64. The Balaban J connectivity index is 2.75. The average molecular weight is 220 g/mol. The number of methoxy groups -OCH3 is 1. The number of benzene rings is 1. The smallest absolute Gasteiger partial charge is 0.330 e. The molecule has 0 heterocycles. The fraction of sp³-hybridized carbons (Fsp3) is 0.308. The minimum atomic E-state index is -0.323. The molecule has 0 atom stereocenters. The molecule has 0 fully saturated rings. The Morgan fingerprint density at radius 2 is 2.19 bits per heavy atom. The van der Waals surface area contributed by atoms with Gasteiger partial charge in [-0.15, -0.1) is 0 Å². The van der Waals surface area contributed by atoms with Crippen LogP contribution < -0.4 is 4.74 Å². The first kappa shape index (κ1) is 12.3. The molecule has 0 saturated carbocycles. The van der Waals surface area contributed by atoms with E-state index in [4.69, 9.17) is 9.47 Å². The van der Waals surface area contributed by atoms with Crippen molar-refractivity contribution >= 4 is 12.0 Å². The van der Waals surface area contributed by atoms with Gasteiger partial charge >= 0.3 is 5.97 Å². The van der Waals surface area contributed by atoms with Crippen LogP contribution in [0.5, 0.6) is 5.75 Å². The van der Waals surface area contributed by atoms with Crippen molar-refractivity contribution < 1.29 is 14.3 Å². The standard InChI is InChI=1S/C13H16O3/c1-4-16-13(14)8-6-11-5-7-12(15-3)10(2)9-11/h5-9H,4H2,1-3H3/b8-6+. The lowest BCUT2D eigenvalue weighted by molar-refractivity contribution is -0.137. The van der Waals surface area contributed by atoms with E-state index >= 15 is 0 Å². The van der Waals surface area contributed by atoms with E-state index in [1.807, 2.05) is 25.1 Å². The molecule has 3 nitrogen and oxygen atoms in total. The Labute approximate surface area is 95.7 Å². The van der Waals surface area contributed by atoms with Crippen molar-refractivity contribution in [2.45, 2.75) is 13.8 Å². The van der Waals surface area contributed by atoms with Crippen molar-refractivity contribution in [1.82, 2.24) is 0 Å². The minimum absolute atomic E-state index is 0.323. The van der Waals surface area contributed by atoms with Gasteiger partial charge < -0.3 is 9.47 Å². The molecule has 1 rings (SSSR count). The molecule has 0 amide bonds. The van der Waals surface area contributed by atoms with Gasteiger partial charge in [0.1, 0.15) is 5.75 Å². The average Bonchev–Trinajstić information content (AvgIpc) is 2.27. The Morgan fingerprint density at radius 3 is 2.75 bits per heavy atom. The van der Waals surface area contributed by atoms with Crippen LogP contribution in [0.25, 0.3) is 6.08 Å². The number of esters is 1. The van der Waals surface area contributed by atoms with Crippen LogP contribution in [0.4, 0.5) is 0 Å². The summed E-state index contributed by atoms with van der Waals surface area (Å²) < 4.78 is 9.94. The molecule has 3 heteroatoms. The zero-order valence-electron chi connectivity index (χ0n) is 9.82. The van der Waals surface area contributed by atoms with Gasteiger partial charge in [0.15, 0.2) is 0 Å². The van der Waals surface area contributed by atoms with E-state index < -0.39 is 0 Å². The van der Waals surface area contributed by atoms with Crippen molar-refractivity contribution in [2.24, 2.45) is 0 Å². The van der Waals surface area contributed by atoms with Crippen LogP contribution in [0.2, 0.25) is 0 Å². The fourth-order valence-electron chi connectivity index (χ4n) is 1.36. The highest BCUT2D eigenvalue weighted by atomic mass is 16.5. The van der Waals surface area contributed by atoms with Gasteiger partial charge in [0, 0.05) is 6.08 Å². The van der Waals surface area contributed by atoms with Crippen LogP contribution in [-0.4, -0.2) is 19.7 Å². The van der Waals surface area contributed by atoms with Crippen LogP contribution in [0, 0.1) is 6.92 Å². The summed E-state index contributed by atoms with van der Waals surface area (Å²) in [6.07, 6.45) is 3.15. The van der Waals surface area contributed by atoms with Crippen LogP contribution in [-0.2, 0) is 9.53 Å². The highest BCUT2D eigenvalue weighted by Crippen LogP contribution is 2.19. The molecule has 1 aromatic carbocycles. The second-order valence-electron chi connectivity index (χ2n) is 3.31. The number of carbonyl (C=O) groups is 1. The lowest BCUT2D eigenvalue weighted by Crippen LogP contribution is -1.98. The summed E-state index contributed by atoms with van der Waals surface area (Å²) >= 11 is 0. The number of rotatable bonds is 4. The molecular weight excluding hydrogens is 204 g/mol. The summed E-state index contributed by atoms with van der Waals surface area (Å²) in [4.78, 5) is 11.1. The molecule has 1 aromatic rings. The zero-order chi connectivity index (χ0) is 12.0. The Kier molecular flexibility index (Phi) is 4.58. The summed E-state index contributed by atoms with van der Waals surface area (Å²) in [5.74, 6) is 0.518. The molecule has 0 radical (unpaired) electrons. The molecule has 0 spiro atoms.